The SMILES string of the molecule is CCN(Cc1cccs1)C(=O)c1cc(S(=O)(=O)N(C)C)ccc1N1CCOCC1. The lowest BCUT2D eigenvalue weighted by Crippen LogP contribution is -2.38. The van der Waals surface area contributed by atoms with E-state index >= 15 is 0 Å². The van der Waals surface area contributed by atoms with Crippen LogP contribution in [-0.2, 0) is 21.3 Å². The number of hydrogen-bond acceptors (Lipinski definition) is 6. The van der Waals surface area contributed by atoms with Crippen LogP contribution in [0.2, 0.25) is 0 Å². The van der Waals surface area contributed by atoms with Gasteiger partial charge in [-0.3, -0.25) is 4.79 Å². The molecule has 1 aliphatic rings. The minimum atomic E-state index is -3.64. The number of morpholine rings is 1. The van der Waals surface area contributed by atoms with Crippen molar-refractivity contribution in [2.75, 3.05) is 51.8 Å². The van der Waals surface area contributed by atoms with Gasteiger partial charge in [-0.1, -0.05) is 6.07 Å². The van der Waals surface area contributed by atoms with Crippen LogP contribution in [0, 0.1) is 0 Å². The molecule has 1 aromatic carbocycles. The Bertz CT molecular complexity index is 937. The van der Waals surface area contributed by atoms with Crippen molar-refractivity contribution in [1.29, 1.82) is 0 Å². The van der Waals surface area contributed by atoms with E-state index in [4.69, 9.17) is 4.74 Å². The summed E-state index contributed by atoms with van der Waals surface area (Å²) < 4.78 is 31.9. The number of anilines is 1. The molecule has 3 rings (SSSR count). The van der Waals surface area contributed by atoms with Crippen molar-refractivity contribution in [1.82, 2.24) is 9.21 Å². The molecule has 1 amide bonds. The normalized spacial score (nSPS) is 15.0. The third kappa shape index (κ3) is 4.80. The van der Waals surface area contributed by atoms with Crippen molar-refractivity contribution >= 4 is 33.0 Å². The zero-order valence-electron chi connectivity index (χ0n) is 17.0. The predicted molar refractivity (Wildman–Crippen MR) is 115 cm³/mol. The summed E-state index contributed by atoms with van der Waals surface area (Å²) in [4.78, 5) is 18.5. The molecule has 0 spiro atoms. The number of nitrogens with zero attached hydrogens (tertiary/aromatic N) is 3. The second-order valence-corrected chi connectivity index (χ2v) is 10.1. The van der Waals surface area contributed by atoms with E-state index in [-0.39, 0.29) is 10.8 Å². The number of carbonyl (C=O) groups is 1. The maximum absolute atomic E-state index is 13.5. The molecule has 0 radical (unpaired) electrons. The molecule has 2 aromatic rings. The monoisotopic (exact) mass is 437 g/mol. The van der Waals surface area contributed by atoms with E-state index in [0.29, 0.717) is 45.0 Å². The molecule has 1 fully saturated rings. The first-order valence-corrected chi connectivity index (χ1v) is 11.9. The number of thiophene rings is 1. The smallest absolute Gasteiger partial charge is 0.256 e. The number of carbonyl (C=O) groups excluding carboxylic acids is 1. The van der Waals surface area contributed by atoms with Crippen LogP contribution in [-0.4, -0.2) is 70.5 Å². The van der Waals surface area contributed by atoms with Gasteiger partial charge in [-0.25, -0.2) is 12.7 Å². The third-order valence-electron chi connectivity index (χ3n) is 4.92. The lowest BCUT2D eigenvalue weighted by Gasteiger charge is -2.32. The van der Waals surface area contributed by atoms with E-state index in [1.54, 1.807) is 28.4 Å². The zero-order valence-corrected chi connectivity index (χ0v) is 18.6. The largest absolute Gasteiger partial charge is 0.378 e. The number of amides is 1. The van der Waals surface area contributed by atoms with Gasteiger partial charge < -0.3 is 14.5 Å². The molecule has 2 heterocycles. The van der Waals surface area contributed by atoms with Crippen LogP contribution < -0.4 is 4.90 Å². The Morgan fingerprint density at radius 1 is 1.21 bits per heavy atom. The van der Waals surface area contributed by atoms with Gasteiger partial charge in [-0.2, -0.15) is 0 Å². The Labute approximate surface area is 176 Å². The van der Waals surface area contributed by atoms with Crippen LogP contribution in [0.15, 0.2) is 40.6 Å². The van der Waals surface area contributed by atoms with Gasteiger partial charge in [0.25, 0.3) is 5.91 Å². The maximum Gasteiger partial charge on any atom is 0.256 e. The minimum Gasteiger partial charge on any atom is -0.378 e. The van der Waals surface area contributed by atoms with Crippen LogP contribution in [0.4, 0.5) is 5.69 Å². The fourth-order valence-electron chi connectivity index (χ4n) is 3.23. The van der Waals surface area contributed by atoms with Crippen LogP contribution in [0.5, 0.6) is 0 Å². The van der Waals surface area contributed by atoms with Crippen molar-refractivity contribution in [3.63, 3.8) is 0 Å². The molecule has 1 saturated heterocycles. The summed E-state index contributed by atoms with van der Waals surface area (Å²) in [5.74, 6) is -0.168. The van der Waals surface area contributed by atoms with Crippen LogP contribution in [0.25, 0.3) is 0 Å². The lowest BCUT2D eigenvalue weighted by atomic mass is 10.1. The van der Waals surface area contributed by atoms with Gasteiger partial charge in [0.2, 0.25) is 10.0 Å². The molecule has 9 heteroatoms. The number of rotatable bonds is 7. The van der Waals surface area contributed by atoms with Crippen LogP contribution in [0.1, 0.15) is 22.2 Å². The molecular weight excluding hydrogens is 410 g/mol. The second kappa shape index (κ2) is 9.25. The first-order chi connectivity index (χ1) is 13.8. The summed E-state index contributed by atoms with van der Waals surface area (Å²) in [6, 6.07) is 8.79. The van der Waals surface area contributed by atoms with E-state index in [1.165, 1.54) is 20.2 Å². The summed E-state index contributed by atoms with van der Waals surface area (Å²) in [5, 5.41) is 1.98. The topological polar surface area (TPSA) is 70.2 Å². The van der Waals surface area contributed by atoms with Gasteiger partial charge in [-0.15, -0.1) is 11.3 Å². The molecule has 1 aliphatic heterocycles. The van der Waals surface area contributed by atoms with Crippen molar-refractivity contribution in [2.24, 2.45) is 0 Å². The summed E-state index contributed by atoms with van der Waals surface area (Å²) in [6.07, 6.45) is 0. The van der Waals surface area contributed by atoms with Gasteiger partial charge in [0.05, 0.1) is 30.2 Å². The molecule has 0 aliphatic carbocycles. The summed E-state index contributed by atoms with van der Waals surface area (Å²) in [7, 11) is -0.665. The highest BCUT2D eigenvalue weighted by molar-refractivity contribution is 7.89. The average Bonchev–Trinajstić information content (AvgIpc) is 3.24. The van der Waals surface area contributed by atoms with Crippen molar-refractivity contribution in [3.8, 4) is 0 Å². The second-order valence-electron chi connectivity index (χ2n) is 6.96. The molecule has 0 unspecified atom stereocenters. The van der Waals surface area contributed by atoms with Crippen molar-refractivity contribution < 1.29 is 17.9 Å². The molecule has 0 saturated carbocycles. The molecule has 29 heavy (non-hydrogen) atoms. The fraction of sp³-hybridized carbons (Fsp3) is 0.450. The molecule has 158 valence electrons. The molecular formula is C20H27N3O4S2. The Kier molecular flexibility index (Phi) is 6.94. The molecule has 0 atom stereocenters. The predicted octanol–water partition coefficient (Wildman–Crippen LogP) is 2.50. The van der Waals surface area contributed by atoms with Crippen LogP contribution in [0.3, 0.4) is 0 Å². The molecule has 1 aromatic heterocycles. The third-order valence-corrected chi connectivity index (χ3v) is 7.60. The molecule has 0 N–H and O–H groups in total. The highest BCUT2D eigenvalue weighted by Gasteiger charge is 2.26. The van der Waals surface area contributed by atoms with Crippen molar-refractivity contribution in [2.45, 2.75) is 18.4 Å². The summed E-state index contributed by atoms with van der Waals surface area (Å²) >= 11 is 1.60. The number of ether oxygens (including phenoxy) is 1. The first-order valence-electron chi connectivity index (χ1n) is 9.55. The minimum absolute atomic E-state index is 0.120. The highest BCUT2D eigenvalue weighted by Crippen LogP contribution is 2.28. The maximum atomic E-state index is 13.5. The van der Waals surface area contributed by atoms with E-state index in [0.717, 1.165) is 14.9 Å². The number of hydrogen-bond donors (Lipinski definition) is 0. The quantitative estimate of drug-likeness (QED) is 0.666. The first kappa shape index (κ1) is 21.8. The van der Waals surface area contributed by atoms with Gasteiger partial charge in [-0.05, 0) is 36.6 Å². The van der Waals surface area contributed by atoms with Crippen LogP contribution >= 0.6 is 11.3 Å². The molecule has 7 nitrogen and oxygen atoms in total. The Hall–Kier alpha value is -1.94. The van der Waals surface area contributed by atoms with Gasteiger partial charge >= 0.3 is 0 Å². The summed E-state index contributed by atoms with van der Waals surface area (Å²) in [6.45, 7) is 5.45. The standard InChI is InChI=1S/C20H27N3O4S2/c1-4-22(15-16-6-5-13-28-16)20(24)18-14-17(29(25,26)21(2)3)7-8-19(18)23-9-11-27-12-10-23/h5-8,13-14H,4,9-12,15H2,1-3H3. The summed E-state index contributed by atoms with van der Waals surface area (Å²) in [5.41, 5.74) is 1.16. The van der Waals surface area contributed by atoms with Gasteiger partial charge in [0.1, 0.15) is 0 Å². The lowest BCUT2D eigenvalue weighted by molar-refractivity contribution is 0.0753. The Morgan fingerprint density at radius 3 is 2.52 bits per heavy atom. The fourth-order valence-corrected chi connectivity index (χ4v) is 4.87. The van der Waals surface area contributed by atoms with E-state index in [9.17, 15) is 13.2 Å². The van der Waals surface area contributed by atoms with E-state index in [1.807, 2.05) is 24.4 Å². The van der Waals surface area contributed by atoms with Crippen molar-refractivity contribution in [3.05, 3.63) is 46.2 Å². The van der Waals surface area contributed by atoms with E-state index < -0.39 is 10.0 Å². The highest BCUT2D eigenvalue weighted by atomic mass is 32.2. The Morgan fingerprint density at radius 2 is 1.93 bits per heavy atom. The number of benzene rings is 1. The van der Waals surface area contributed by atoms with Gasteiger partial charge in [0, 0.05) is 44.3 Å². The van der Waals surface area contributed by atoms with E-state index in [2.05, 4.69) is 4.90 Å². The number of sulfonamides is 1. The van der Waals surface area contributed by atoms with Gasteiger partial charge in [0.15, 0.2) is 0 Å². The molecule has 0 bridgehead atoms. The average molecular weight is 438 g/mol. The Balaban J connectivity index is 2.02. The zero-order chi connectivity index (χ0) is 21.0.